The Balaban J connectivity index is 2.93. The van der Waals surface area contributed by atoms with Crippen molar-refractivity contribution < 1.29 is 14.6 Å². The minimum atomic E-state index is -0.994. The Morgan fingerprint density at radius 2 is 2.18 bits per heavy atom. The second kappa shape index (κ2) is 5.68. The van der Waals surface area contributed by atoms with Crippen molar-refractivity contribution in [2.24, 2.45) is 0 Å². The molecule has 0 aliphatic heterocycles. The van der Waals surface area contributed by atoms with Gasteiger partial charge in [-0.2, -0.15) is 0 Å². The predicted octanol–water partition coefficient (Wildman–Crippen LogP) is 1.74. The summed E-state index contributed by atoms with van der Waals surface area (Å²) in [6, 6.07) is 5.50. The number of aliphatic hydroxyl groups excluding tert-OH is 1. The molecule has 0 aliphatic rings. The fourth-order valence-electron chi connectivity index (χ4n) is 1.57. The van der Waals surface area contributed by atoms with Crippen LogP contribution in [0.25, 0.3) is 0 Å². The molecule has 0 radical (unpaired) electrons. The van der Waals surface area contributed by atoms with Gasteiger partial charge in [0.1, 0.15) is 11.9 Å². The molecule has 0 fully saturated rings. The average molecular weight is 237 g/mol. The number of carbonyl (C=O) groups is 1. The van der Waals surface area contributed by atoms with E-state index in [0.29, 0.717) is 6.61 Å². The summed E-state index contributed by atoms with van der Waals surface area (Å²) in [6.45, 7) is 5.93. The first-order valence-corrected chi connectivity index (χ1v) is 5.66. The van der Waals surface area contributed by atoms with Crippen LogP contribution in [0.4, 0.5) is 5.69 Å². The molecule has 1 aromatic carbocycles. The van der Waals surface area contributed by atoms with E-state index in [1.165, 1.54) is 11.8 Å². The maximum Gasteiger partial charge on any atom is 0.255 e. The van der Waals surface area contributed by atoms with Crippen LogP contribution in [0.2, 0.25) is 0 Å². The number of ether oxygens (including phenoxy) is 1. The number of anilines is 1. The molecule has 0 aromatic heterocycles. The van der Waals surface area contributed by atoms with Crippen molar-refractivity contribution in [3.8, 4) is 5.75 Å². The number of nitrogens with zero attached hydrogens (tertiary/aromatic N) is 1. The van der Waals surface area contributed by atoms with Gasteiger partial charge in [0.05, 0.1) is 6.61 Å². The number of rotatable bonds is 4. The highest BCUT2D eigenvalue weighted by molar-refractivity contribution is 5.95. The van der Waals surface area contributed by atoms with E-state index in [4.69, 9.17) is 4.74 Å². The van der Waals surface area contributed by atoms with E-state index in [2.05, 4.69) is 0 Å². The molecular formula is C13H19NO3. The molecule has 1 N–H and O–H groups in total. The van der Waals surface area contributed by atoms with Gasteiger partial charge in [0, 0.05) is 12.7 Å². The number of aryl methyl sites for hydroxylation is 1. The molecule has 17 heavy (non-hydrogen) atoms. The summed E-state index contributed by atoms with van der Waals surface area (Å²) >= 11 is 0. The van der Waals surface area contributed by atoms with Gasteiger partial charge in [0.2, 0.25) is 0 Å². The SMILES string of the molecule is CCOc1ccc(N(C)C(=O)C(C)O)cc1C. The summed E-state index contributed by atoms with van der Waals surface area (Å²) in [4.78, 5) is 13.0. The molecule has 1 rings (SSSR count). The van der Waals surface area contributed by atoms with Gasteiger partial charge in [-0.15, -0.1) is 0 Å². The van der Waals surface area contributed by atoms with Crippen molar-refractivity contribution in [2.75, 3.05) is 18.6 Å². The topological polar surface area (TPSA) is 49.8 Å². The molecule has 0 aliphatic carbocycles. The van der Waals surface area contributed by atoms with Crippen LogP contribution in [-0.4, -0.2) is 30.8 Å². The Morgan fingerprint density at radius 1 is 1.53 bits per heavy atom. The van der Waals surface area contributed by atoms with Gasteiger partial charge >= 0.3 is 0 Å². The number of carbonyl (C=O) groups excluding carboxylic acids is 1. The number of hydrogen-bond donors (Lipinski definition) is 1. The smallest absolute Gasteiger partial charge is 0.255 e. The maximum atomic E-state index is 11.6. The molecule has 1 atom stereocenters. The third-order valence-corrected chi connectivity index (χ3v) is 2.53. The van der Waals surface area contributed by atoms with Crippen LogP contribution in [0, 0.1) is 6.92 Å². The molecule has 4 nitrogen and oxygen atoms in total. The summed E-state index contributed by atoms with van der Waals surface area (Å²) in [7, 11) is 1.64. The van der Waals surface area contributed by atoms with Crippen molar-refractivity contribution in [2.45, 2.75) is 26.9 Å². The predicted molar refractivity (Wildman–Crippen MR) is 67.4 cm³/mol. The van der Waals surface area contributed by atoms with Crippen molar-refractivity contribution in [3.05, 3.63) is 23.8 Å². The molecule has 1 amide bonds. The summed E-state index contributed by atoms with van der Waals surface area (Å²) in [5.74, 6) is 0.489. The number of benzene rings is 1. The van der Waals surface area contributed by atoms with Crippen molar-refractivity contribution in [3.63, 3.8) is 0 Å². The van der Waals surface area contributed by atoms with E-state index < -0.39 is 6.10 Å². The van der Waals surface area contributed by atoms with Crippen LogP contribution < -0.4 is 9.64 Å². The molecule has 1 unspecified atom stereocenters. The van der Waals surface area contributed by atoms with E-state index in [9.17, 15) is 9.90 Å². The molecular weight excluding hydrogens is 218 g/mol. The molecule has 0 saturated heterocycles. The highest BCUT2D eigenvalue weighted by Crippen LogP contribution is 2.24. The van der Waals surface area contributed by atoms with Crippen molar-refractivity contribution in [1.29, 1.82) is 0 Å². The summed E-state index contributed by atoms with van der Waals surface area (Å²) < 4.78 is 5.43. The van der Waals surface area contributed by atoms with Gasteiger partial charge in [0.15, 0.2) is 0 Å². The fourth-order valence-corrected chi connectivity index (χ4v) is 1.57. The zero-order chi connectivity index (χ0) is 13.0. The van der Waals surface area contributed by atoms with Crippen LogP contribution in [0.1, 0.15) is 19.4 Å². The van der Waals surface area contributed by atoms with E-state index in [-0.39, 0.29) is 5.91 Å². The largest absolute Gasteiger partial charge is 0.494 e. The van der Waals surface area contributed by atoms with Crippen LogP contribution in [-0.2, 0) is 4.79 Å². The van der Waals surface area contributed by atoms with Crippen LogP contribution in [0.3, 0.4) is 0 Å². The van der Waals surface area contributed by atoms with Gasteiger partial charge < -0.3 is 14.7 Å². The highest BCUT2D eigenvalue weighted by Gasteiger charge is 2.16. The number of amides is 1. The fraction of sp³-hybridized carbons (Fsp3) is 0.462. The van der Waals surface area contributed by atoms with Gasteiger partial charge in [-0.05, 0) is 44.5 Å². The Kier molecular flexibility index (Phi) is 4.52. The first-order valence-electron chi connectivity index (χ1n) is 5.66. The van der Waals surface area contributed by atoms with Crippen LogP contribution >= 0.6 is 0 Å². The molecule has 1 aromatic rings. The van der Waals surface area contributed by atoms with Crippen molar-refractivity contribution >= 4 is 11.6 Å². The van der Waals surface area contributed by atoms with E-state index in [1.54, 1.807) is 13.1 Å². The second-order valence-electron chi connectivity index (χ2n) is 3.96. The lowest BCUT2D eigenvalue weighted by molar-refractivity contribution is -0.125. The van der Waals surface area contributed by atoms with Crippen molar-refractivity contribution in [1.82, 2.24) is 0 Å². The lowest BCUT2D eigenvalue weighted by atomic mass is 10.2. The zero-order valence-electron chi connectivity index (χ0n) is 10.7. The Labute approximate surface area is 102 Å². The highest BCUT2D eigenvalue weighted by atomic mass is 16.5. The van der Waals surface area contributed by atoms with Gasteiger partial charge in [-0.3, -0.25) is 4.79 Å². The van der Waals surface area contributed by atoms with Gasteiger partial charge in [-0.25, -0.2) is 0 Å². The van der Waals surface area contributed by atoms with Gasteiger partial charge in [0.25, 0.3) is 5.91 Å². The van der Waals surface area contributed by atoms with E-state index >= 15 is 0 Å². The number of hydrogen-bond acceptors (Lipinski definition) is 3. The summed E-state index contributed by atoms with van der Waals surface area (Å²) in [5.41, 5.74) is 1.71. The summed E-state index contributed by atoms with van der Waals surface area (Å²) in [5, 5.41) is 9.24. The van der Waals surface area contributed by atoms with Crippen LogP contribution in [0.5, 0.6) is 5.75 Å². The lowest BCUT2D eigenvalue weighted by Gasteiger charge is -2.20. The third kappa shape index (κ3) is 3.20. The number of likely N-dealkylation sites (N-methyl/N-ethyl adjacent to an activating group) is 1. The molecule has 4 heteroatoms. The zero-order valence-corrected chi connectivity index (χ0v) is 10.7. The minimum Gasteiger partial charge on any atom is -0.494 e. The first-order chi connectivity index (χ1) is 7.97. The molecule has 0 saturated carbocycles. The average Bonchev–Trinajstić information content (AvgIpc) is 2.30. The van der Waals surface area contributed by atoms with E-state index in [1.807, 2.05) is 26.0 Å². The standard InChI is InChI=1S/C13H19NO3/c1-5-17-12-7-6-11(8-9(12)2)14(4)13(16)10(3)15/h6-8,10,15H,5H2,1-4H3. The lowest BCUT2D eigenvalue weighted by Crippen LogP contribution is -2.34. The number of aliphatic hydroxyl groups is 1. The van der Waals surface area contributed by atoms with Crippen LogP contribution in [0.15, 0.2) is 18.2 Å². The Hall–Kier alpha value is -1.55. The first kappa shape index (κ1) is 13.5. The molecule has 0 heterocycles. The Bertz CT molecular complexity index is 402. The molecule has 0 bridgehead atoms. The van der Waals surface area contributed by atoms with E-state index in [0.717, 1.165) is 17.0 Å². The quantitative estimate of drug-likeness (QED) is 0.867. The second-order valence-corrected chi connectivity index (χ2v) is 3.96. The third-order valence-electron chi connectivity index (χ3n) is 2.53. The minimum absolute atomic E-state index is 0.325. The maximum absolute atomic E-state index is 11.6. The molecule has 0 spiro atoms. The Morgan fingerprint density at radius 3 is 2.65 bits per heavy atom. The summed E-state index contributed by atoms with van der Waals surface area (Å²) in [6.07, 6.45) is -0.994. The van der Waals surface area contributed by atoms with Gasteiger partial charge in [-0.1, -0.05) is 0 Å². The monoisotopic (exact) mass is 237 g/mol. The normalized spacial score (nSPS) is 12.1. The molecule has 94 valence electrons.